The average molecular weight is 504 g/mol. The molecule has 1 aliphatic heterocycles. The van der Waals surface area contributed by atoms with Crippen molar-refractivity contribution in [3.63, 3.8) is 0 Å². The summed E-state index contributed by atoms with van der Waals surface area (Å²) in [6.07, 6.45) is 1.92. The summed E-state index contributed by atoms with van der Waals surface area (Å²) in [5.74, 6) is -0.391. The zero-order chi connectivity index (χ0) is 25.9. The van der Waals surface area contributed by atoms with E-state index in [1.165, 1.54) is 6.07 Å². The molecular formula is C28H35F2NO5. The maximum absolute atomic E-state index is 14.6. The van der Waals surface area contributed by atoms with Crippen molar-refractivity contribution < 1.29 is 32.9 Å². The Hall–Kier alpha value is -2.71. The summed E-state index contributed by atoms with van der Waals surface area (Å²) < 4.78 is 46.2. The van der Waals surface area contributed by atoms with E-state index in [0.29, 0.717) is 41.3 Å². The SMILES string of the molecule is COc1cc(-c2c(COC3CCCC3)cc(NC3(C(=O)O)CCOCC3)cc2C(F)F)cc(C)c1C. The van der Waals surface area contributed by atoms with E-state index >= 15 is 0 Å². The van der Waals surface area contributed by atoms with Crippen LogP contribution in [0.3, 0.4) is 0 Å². The minimum atomic E-state index is -2.77. The summed E-state index contributed by atoms with van der Waals surface area (Å²) in [7, 11) is 1.57. The van der Waals surface area contributed by atoms with Gasteiger partial charge in [0.05, 0.1) is 19.8 Å². The summed E-state index contributed by atoms with van der Waals surface area (Å²) in [6, 6.07) is 6.81. The molecular weight excluding hydrogens is 468 g/mol. The van der Waals surface area contributed by atoms with E-state index in [-0.39, 0.29) is 31.1 Å². The highest BCUT2D eigenvalue weighted by Crippen LogP contribution is 2.41. The molecule has 0 spiro atoms. The molecule has 4 rings (SSSR count). The number of aliphatic carboxylic acids is 1. The third kappa shape index (κ3) is 5.49. The molecule has 6 nitrogen and oxygen atoms in total. The van der Waals surface area contributed by atoms with Crippen LogP contribution >= 0.6 is 0 Å². The normalized spacial score (nSPS) is 17.9. The zero-order valence-corrected chi connectivity index (χ0v) is 21.2. The van der Waals surface area contributed by atoms with Crippen molar-refractivity contribution in [1.29, 1.82) is 0 Å². The van der Waals surface area contributed by atoms with Crippen LogP contribution < -0.4 is 10.1 Å². The third-order valence-corrected chi connectivity index (χ3v) is 7.53. The zero-order valence-electron chi connectivity index (χ0n) is 21.2. The standard InChI is InChI=1S/C28H35F2NO5/c1-17-12-19(14-24(34-3)18(17)2)25-20(16-36-22-6-4-5-7-22)13-21(15-23(25)26(29)30)31-28(27(32)33)8-10-35-11-9-28/h12-15,22,26,31H,4-11,16H2,1-3H3,(H,32,33). The fourth-order valence-electron chi connectivity index (χ4n) is 5.27. The van der Waals surface area contributed by atoms with E-state index in [4.69, 9.17) is 14.2 Å². The summed E-state index contributed by atoms with van der Waals surface area (Å²) in [5, 5.41) is 13.1. The molecule has 2 aliphatic rings. The fraction of sp³-hybridized carbons (Fsp3) is 0.536. The van der Waals surface area contributed by atoms with Crippen LogP contribution in [0.5, 0.6) is 5.75 Å². The molecule has 2 aromatic rings. The second kappa shape index (κ2) is 11.1. The molecule has 0 atom stereocenters. The number of carboxylic acid groups (broad SMARTS) is 1. The largest absolute Gasteiger partial charge is 0.496 e. The van der Waals surface area contributed by atoms with Gasteiger partial charge in [0.1, 0.15) is 11.3 Å². The summed E-state index contributed by atoms with van der Waals surface area (Å²) in [6.45, 7) is 4.60. The molecule has 0 amide bonds. The van der Waals surface area contributed by atoms with Gasteiger partial charge in [-0.05, 0) is 72.7 Å². The quantitative estimate of drug-likeness (QED) is 0.411. The summed E-state index contributed by atoms with van der Waals surface area (Å²) in [5.41, 5.74) is 2.42. The van der Waals surface area contributed by atoms with Gasteiger partial charge < -0.3 is 24.6 Å². The number of aryl methyl sites for hydroxylation is 1. The van der Waals surface area contributed by atoms with Gasteiger partial charge in [-0.15, -0.1) is 0 Å². The van der Waals surface area contributed by atoms with E-state index < -0.39 is 17.9 Å². The number of hydrogen-bond donors (Lipinski definition) is 2. The molecule has 8 heteroatoms. The summed E-state index contributed by atoms with van der Waals surface area (Å²) >= 11 is 0. The highest BCUT2D eigenvalue weighted by atomic mass is 19.3. The number of carbonyl (C=O) groups is 1. The minimum Gasteiger partial charge on any atom is -0.496 e. The molecule has 196 valence electrons. The van der Waals surface area contributed by atoms with Crippen LogP contribution in [0.1, 0.15) is 67.2 Å². The summed E-state index contributed by atoms with van der Waals surface area (Å²) in [4.78, 5) is 12.2. The predicted molar refractivity (Wildman–Crippen MR) is 134 cm³/mol. The fourth-order valence-corrected chi connectivity index (χ4v) is 5.27. The van der Waals surface area contributed by atoms with Gasteiger partial charge in [0.15, 0.2) is 0 Å². The topological polar surface area (TPSA) is 77.0 Å². The first-order valence-corrected chi connectivity index (χ1v) is 12.6. The van der Waals surface area contributed by atoms with Crippen molar-refractivity contribution in [3.05, 3.63) is 46.5 Å². The first-order chi connectivity index (χ1) is 17.2. The molecule has 1 aliphatic carbocycles. The Morgan fingerprint density at radius 3 is 2.47 bits per heavy atom. The van der Waals surface area contributed by atoms with E-state index in [2.05, 4.69) is 5.32 Å². The predicted octanol–water partition coefficient (Wildman–Crippen LogP) is 6.42. The Bertz CT molecular complexity index is 1090. The molecule has 0 radical (unpaired) electrons. The Labute approximate surface area is 210 Å². The van der Waals surface area contributed by atoms with Crippen LogP contribution in [-0.4, -0.2) is 43.0 Å². The van der Waals surface area contributed by atoms with Crippen molar-refractivity contribution in [2.24, 2.45) is 0 Å². The number of benzene rings is 2. The van der Waals surface area contributed by atoms with E-state index in [0.717, 1.165) is 36.8 Å². The first-order valence-electron chi connectivity index (χ1n) is 12.6. The molecule has 2 fully saturated rings. The van der Waals surface area contributed by atoms with Gasteiger partial charge in [0.2, 0.25) is 0 Å². The number of anilines is 1. The van der Waals surface area contributed by atoms with E-state index in [1.807, 2.05) is 19.9 Å². The monoisotopic (exact) mass is 503 g/mol. The van der Waals surface area contributed by atoms with Crippen molar-refractivity contribution in [3.8, 4) is 16.9 Å². The Kier molecular flexibility index (Phi) is 8.15. The minimum absolute atomic E-state index is 0.0969. The van der Waals surface area contributed by atoms with E-state index in [1.54, 1.807) is 19.2 Å². The van der Waals surface area contributed by atoms with Crippen LogP contribution in [0.25, 0.3) is 11.1 Å². The molecule has 1 heterocycles. The van der Waals surface area contributed by atoms with Gasteiger partial charge in [-0.1, -0.05) is 18.9 Å². The number of rotatable bonds is 9. The van der Waals surface area contributed by atoms with Crippen LogP contribution in [0.15, 0.2) is 24.3 Å². The highest BCUT2D eigenvalue weighted by molar-refractivity contribution is 5.84. The molecule has 2 N–H and O–H groups in total. The lowest BCUT2D eigenvalue weighted by molar-refractivity contribution is -0.145. The van der Waals surface area contributed by atoms with Gasteiger partial charge in [-0.3, -0.25) is 0 Å². The first kappa shape index (κ1) is 26.4. The Balaban J connectivity index is 1.83. The lowest BCUT2D eigenvalue weighted by Crippen LogP contribution is -2.50. The lowest BCUT2D eigenvalue weighted by Gasteiger charge is -2.35. The van der Waals surface area contributed by atoms with Gasteiger partial charge in [0.25, 0.3) is 6.43 Å². The van der Waals surface area contributed by atoms with Crippen LogP contribution in [0.4, 0.5) is 14.5 Å². The molecule has 1 saturated carbocycles. The molecule has 36 heavy (non-hydrogen) atoms. The van der Waals surface area contributed by atoms with Crippen molar-refractivity contribution in [1.82, 2.24) is 0 Å². The van der Waals surface area contributed by atoms with Crippen molar-refractivity contribution in [2.75, 3.05) is 25.6 Å². The smallest absolute Gasteiger partial charge is 0.329 e. The highest BCUT2D eigenvalue weighted by Gasteiger charge is 2.40. The molecule has 1 saturated heterocycles. The van der Waals surface area contributed by atoms with Crippen molar-refractivity contribution >= 4 is 11.7 Å². The Morgan fingerprint density at radius 1 is 1.17 bits per heavy atom. The lowest BCUT2D eigenvalue weighted by atomic mass is 9.88. The van der Waals surface area contributed by atoms with Gasteiger partial charge in [0, 0.05) is 37.3 Å². The average Bonchev–Trinajstić information content (AvgIpc) is 3.38. The maximum Gasteiger partial charge on any atom is 0.329 e. The van der Waals surface area contributed by atoms with Gasteiger partial charge in [-0.2, -0.15) is 0 Å². The third-order valence-electron chi connectivity index (χ3n) is 7.53. The Morgan fingerprint density at radius 2 is 1.86 bits per heavy atom. The van der Waals surface area contributed by atoms with Crippen LogP contribution in [0.2, 0.25) is 0 Å². The molecule has 0 aromatic heterocycles. The van der Waals surface area contributed by atoms with Crippen LogP contribution in [-0.2, 0) is 20.9 Å². The molecule has 2 aromatic carbocycles. The van der Waals surface area contributed by atoms with Gasteiger partial charge >= 0.3 is 5.97 Å². The number of alkyl halides is 2. The number of carboxylic acids is 1. The number of hydrogen-bond acceptors (Lipinski definition) is 5. The number of ether oxygens (including phenoxy) is 3. The van der Waals surface area contributed by atoms with Gasteiger partial charge in [-0.25, -0.2) is 13.6 Å². The second-order valence-corrected chi connectivity index (χ2v) is 9.86. The second-order valence-electron chi connectivity index (χ2n) is 9.86. The number of methoxy groups -OCH3 is 1. The molecule has 0 unspecified atom stereocenters. The number of halogens is 2. The van der Waals surface area contributed by atoms with Crippen LogP contribution in [0, 0.1) is 13.8 Å². The van der Waals surface area contributed by atoms with E-state index in [9.17, 15) is 18.7 Å². The van der Waals surface area contributed by atoms with Crippen molar-refractivity contribution in [2.45, 2.75) is 77.0 Å². The number of nitrogens with one attached hydrogen (secondary N) is 1. The maximum atomic E-state index is 14.6. The molecule has 0 bridgehead atoms.